The first-order valence-corrected chi connectivity index (χ1v) is 7.65. The summed E-state index contributed by atoms with van der Waals surface area (Å²) in [4.78, 5) is 12.0. The summed E-state index contributed by atoms with van der Waals surface area (Å²) < 4.78 is 5.61. The Hall–Kier alpha value is -0.420. The van der Waals surface area contributed by atoms with Gasteiger partial charge in [-0.25, -0.2) is 0 Å². The second-order valence-corrected chi connectivity index (χ2v) is 7.04. The fourth-order valence-electron chi connectivity index (χ4n) is 2.84. The Labute approximate surface area is 159 Å². The van der Waals surface area contributed by atoms with E-state index in [9.17, 15) is 9.90 Å². The molecule has 0 spiro atoms. The molecule has 0 unspecified atom stereocenters. The van der Waals surface area contributed by atoms with Crippen molar-refractivity contribution in [3.05, 3.63) is 28.8 Å². The van der Waals surface area contributed by atoms with Gasteiger partial charge in [0, 0.05) is 5.56 Å². The molecule has 0 atom stereocenters. The Morgan fingerprint density at radius 3 is 2.45 bits per heavy atom. The zero-order valence-electron chi connectivity index (χ0n) is 14.0. The minimum absolute atomic E-state index is 0. The van der Waals surface area contributed by atoms with Crippen molar-refractivity contribution in [1.29, 1.82) is 0 Å². The first-order valence-electron chi connectivity index (χ1n) is 7.24. The van der Waals surface area contributed by atoms with E-state index in [0.717, 1.165) is 29.5 Å². The Morgan fingerprint density at radius 1 is 1.36 bits per heavy atom. The summed E-state index contributed by atoms with van der Waals surface area (Å²) in [6, 6.07) is 3.91. The van der Waals surface area contributed by atoms with E-state index in [-0.39, 0.29) is 52.9 Å². The molecule has 1 aromatic rings. The van der Waals surface area contributed by atoms with Crippen molar-refractivity contribution < 1.29 is 44.2 Å². The van der Waals surface area contributed by atoms with Crippen molar-refractivity contribution >= 4 is 23.2 Å². The van der Waals surface area contributed by atoms with Crippen molar-refractivity contribution in [2.45, 2.75) is 52.4 Å². The van der Waals surface area contributed by atoms with Gasteiger partial charge in [0.1, 0.15) is 5.75 Å². The summed E-state index contributed by atoms with van der Waals surface area (Å²) in [5.41, 5.74) is 2.51. The Balaban J connectivity index is 0.00000242. The van der Waals surface area contributed by atoms with Gasteiger partial charge in [-0.05, 0) is 55.7 Å². The molecule has 0 aromatic heterocycles. The van der Waals surface area contributed by atoms with Gasteiger partial charge in [0.25, 0.3) is 0 Å². The predicted molar refractivity (Wildman–Crippen MR) is 84.5 cm³/mol. The van der Waals surface area contributed by atoms with Crippen LogP contribution < -0.4 is 39.4 Å². The minimum atomic E-state index is -0.449. The molecule has 1 saturated carbocycles. The molecule has 0 bridgehead atoms. The van der Waals surface area contributed by atoms with Gasteiger partial charge in [-0.1, -0.05) is 25.0 Å². The molecule has 1 fully saturated rings. The molecule has 1 aliphatic rings. The average molecular weight is 328 g/mol. The molecule has 5 heteroatoms. The van der Waals surface area contributed by atoms with Crippen LogP contribution in [0.1, 0.15) is 49.8 Å². The number of carbonyl (C=O) groups excluding carboxylic acids is 1. The number of rotatable bonds is 5. The summed E-state index contributed by atoms with van der Waals surface area (Å²) in [7, 11) is 0. The molecule has 0 aliphatic heterocycles. The van der Waals surface area contributed by atoms with E-state index in [1.807, 2.05) is 39.8 Å². The molecule has 1 aromatic carbocycles. The molecule has 22 heavy (non-hydrogen) atoms. The number of esters is 1. The van der Waals surface area contributed by atoms with E-state index >= 15 is 0 Å². The fraction of sp³-hybridized carbons (Fsp3) is 0.529. The average Bonchev–Trinajstić information content (AvgIpc) is 3.08. The number of ether oxygens (including phenoxy) is 1. The second-order valence-electron chi connectivity index (χ2n) is 6.58. The number of carbonyl (C=O) groups is 1. The van der Waals surface area contributed by atoms with E-state index < -0.39 is 5.41 Å². The van der Waals surface area contributed by atoms with Crippen LogP contribution in [-0.4, -0.2) is 11.0 Å². The zero-order valence-corrected chi connectivity index (χ0v) is 16.8. The van der Waals surface area contributed by atoms with Crippen LogP contribution in [0.25, 0.3) is 0 Å². The quantitative estimate of drug-likeness (QED) is 0.330. The van der Waals surface area contributed by atoms with E-state index in [0.29, 0.717) is 5.75 Å². The van der Waals surface area contributed by atoms with Crippen molar-refractivity contribution in [2.24, 2.45) is 5.92 Å². The molecule has 0 amide bonds. The maximum atomic E-state index is 12.0. The van der Waals surface area contributed by atoms with Crippen LogP contribution in [0, 0.1) is 19.8 Å². The number of hydrogen-bond acceptors (Lipinski definition) is 4. The largest absolute Gasteiger partial charge is 1.00 e. The number of hydrogen-bond donors (Lipinski definition) is 0. The van der Waals surface area contributed by atoms with E-state index in [4.69, 9.17) is 17.0 Å². The molecule has 114 valence electrons. The van der Waals surface area contributed by atoms with Gasteiger partial charge in [-0.3, -0.25) is 4.79 Å². The van der Waals surface area contributed by atoms with Crippen LogP contribution in [0.4, 0.5) is 0 Å². The van der Waals surface area contributed by atoms with Crippen LogP contribution in [0.15, 0.2) is 12.1 Å². The molecular weight excluding hydrogens is 307 g/mol. The Kier molecular flexibility index (Phi) is 6.63. The summed E-state index contributed by atoms with van der Waals surface area (Å²) in [5.74, 6) is 0.453. The number of aryl methyl sites for hydroxylation is 2. The topological polar surface area (TPSA) is 49.4 Å². The van der Waals surface area contributed by atoms with Gasteiger partial charge in [0.05, 0.1) is 5.92 Å². The van der Waals surface area contributed by atoms with Crippen molar-refractivity contribution in [3.8, 4) is 5.75 Å². The maximum Gasteiger partial charge on any atom is 1.00 e. The van der Waals surface area contributed by atoms with Crippen LogP contribution in [-0.2, 0) is 10.2 Å². The van der Waals surface area contributed by atoms with Gasteiger partial charge in [0.2, 0.25) is 0 Å². The van der Waals surface area contributed by atoms with Crippen LogP contribution in [0.2, 0.25) is 0 Å². The standard InChI is InChI=1S/C17H22O3S.Na/c1-10-7-11(2)15(17(3,4)9-14(18)21)13(8-10)20-16(19)12-5-6-12;/h7-8,12H,5-6,9H2,1-4H3,(H,18,21);/q;+1/p-1. The molecule has 3 nitrogen and oxygen atoms in total. The van der Waals surface area contributed by atoms with Gasteiger partial charge < -0.3 is 9.84 Å². The number of benzene rings is 1. The molecule has 0 N–H and O–H groups in total. The fourth-order valence-corrected chi connectivity index (χ4v) is 3.20. The third kappa shape index (κ3) is 4.79. The first-order chi connectivity index (χ1) is 9.70. The van der Waals surface area contributed by atoms with Gasteiger partial charge in [-0.15, -0.1) is 12.2 Å². The molecule has 2 rings (SSSR count). The third-order valence-corrected chi connectivity index (χ3v) is 3.97. The zero-order chi connectivity index (χ0) is 15.8. The maximum absolute atomic E-state index is 12.0. The summed E-state index contributed by atoms with van der Waals surface area (Å²) >= 11 is 4.73. The van der Waals surface area contributed by atoms with Crippen molar-refractivity contribution in [2.75, 3.05) is 0 Å². The SMILES string of the molecule is Cc1cc(C)c(C(C)(C)CC([O-])=S)c(OC(=O)C2CC2)c1.[Na+]. The van der Waals surface area contributed by atoms with Crippen LogP contribution in [0.3, 0.4) is 0 Å². The molecule has 1 aliphatic carbocycles. The summed E-state index contributed by atoms with van der Waals surface area (Å²) in [6.45, 7) is 7.87. The summed E-state index contributed by atoms with van der Waals surface area (Å²) in [6.07, 6.45) is 2.07. The van der Waals surface area contributed by atoms with E-state index in [1.165, 1.54) is 0 Å². The third-order valence-electron chi connectivity index (χ3n) is 3.83. The summed E-state index contributed by atoms with van der Waals surface area (Å²) in [5, 5.41) is 11.1. The van der Waals surface area contributed by atoms with Gasteiger partial charge >= 0.3 is 35.5 Å². The molecule has 0 radical (unpaired) electrons. The van der Waals surface area contributed by atoms with Gasteiger partial charge in [0.15, 0.2) is 0 Å². The van der Waals surface area contributed by atoms with Gasteiger partial charge in [-0.2, -0.15) is 0 Å². The minimum Gasteiger partial charge on any atom is -0.867 e. The Morgan fingerprint density at radius 2 is 1.95 bits per heavy atom. The Bertz CT molecular complexity index is 592. The molecular formula is C17H21NaO3S. The molecule has 0 saturated heterocycles. The monoisotopic (exact) mass is 328 g/mol. The van der Waals surface area contributed by atoms with Crippen molar-refractivity contribution in [1.82, 2.24) is 0 Å². The molecule has 0 heterocycles. The second kappa shape index (κ2) is 7.43. The van der Waals surface area contributed by atoms with Crippen LogP contribution in [0.5, 0.6) is 5.75 Å². The van der Waals surface area contributed by atoms with Crippen LogP contribution >= 0.6 is 12.2 Å². The predicted octanol–water partition coefficient (Wildman–Crippen LogP) is -0.0218. The van der Waals surface area contributed by atoms with E-state index in [2.05, 4.69) is 0 Å². The first kappa shape index (κ1) is 19.6. The van der Waals surface area contributed by atoms with Crippen molar-refractivity contribution in [3.63, 3.8) is 0 Å². The number of thiocarbonyl (C=S) groups is 1. The normalized spacial score (nSPS) is 14.2. The smallest absolute Gasteiger partial charge is 0.867 e. The van der Waals surface area contributed by atoms with E-state index in [1.54, 1.807) is 0 Å².